The van der Waals surface area contributed by atoms with E-state index < -0.39 is 0 Å². The molecule has 3 rings (SSSR count). The standard InChI is InChI=1S/C15H20BrNO3/c1-11-2-3-14(13(9-16)17-11)20-12-4-6-19-15(8-12)5-7-18-10-15/h2-3,12H,4-10H2,1H3. The van der Waals surface area contributed by atoms with Crippen molar-refractivity contribution in [2.24, 2.45) is 0 Å². The van der Waals surface area contributed by atoms with E-state index in [1.54, 1.807) is 0 Å². The van der Waals surface area contributed by atoms with Crippen LogP contribution in [0.1, 0.15) is 30.7 Å². The Hall–Kier alpha value is -0.650. The van der Waals surface area contributed by atoms with Crippen LogP contribution >= 0.6 is 15.9 Å². The predicted molar refractivity (Wildman–Crippen MR) is 79.4 cm³/mol. The van der Waals surface area contributed by atoms with Crippen molar-refractivity contribution in [3.63, 3.8) is 0 Å². The van der Waals surface area contributed by atoms with Crippen molar-refractivity contribution < 1.29 is 14.2 Å². The van der Waals surface area contributed by atoms with E-state index in [-0.39, 0.29) is 11.7 Å². The summed E-state index contributed by atoms with van der Waals surface area (Å²) in [5, 5.41) is 0.710. The number of alkyl halides is 1. The highest BCUT2D eigenvalue weighted by Crippen LogP contribution is 2.35. The van der Waals surface area contributed by atoms with Crippen LogP contribution in [-0.4, -0.2) is 36.5 Å². The highest BCUT2D eigenvalue weighted by atomic mass is 79.9. The molecule has 2 saturated heterocycles. The molecule has 110 valence electrons. The maximum atomic E-state index is 6.19. The molecule has 2 atom stereocenters. The third-order valence-electron chi connectivity index (χ3n) is 4.01. The van der Waals surface area contributed by atoms with Gasteiger partial charge in [0.15, 0.2) is 0 Å². The van der Waals surface area contributed by atoms with Crippen molar-refractivity contribution in [1.29, 1.82) is 0 Å². The van der Waals surface area contributed by atoms with Crippen molar-refractivity contribution in [3.05, 3.63) is 23.5 Å². The van der Waals surface area contributed by atoms with Crippen molar-refractivity contribution >= 4 is 15.9 Å². The normalized spacial score (nSPS) is 29.8. The average molecular weight is 342 g/mol. The molecule has 20 heavy (non-hydrogen) atoms. The van der Waals surface area contributed by atoms with Crippen LogP contribution < -0.4 is 4.74 Å². The summed E-state index contributed by atoms with van der Waals surface area (Å²) in [6.45, 7) is 4.24. The molecule has 2 aliphatic heterocycles. The molecule has 1 aromatic heterocycles. The van der Waals surface area contributed by atoms with E-state index in [0.29, 0.717) is 11.9 Å². The number of halogens is 1. The summed E-state index contributed by atoms with van der Waals surface area (Å²) in [6.07, 6.45) is 3.00. The van der Waals surface area contributed by atoms with Gasteiger partial charge in [0.1, 0.15) is 11.9 Å². The van der Waals surface area contributed by atoms with Crippen LogP contribution in [0.2, 0.25) is 0 Å². The minimum absolute atomic E-state index is 0.115. The van der Waals surface area contributed by atoms with Gasteiger partial charge in [-0.2, -0.15) is 0 Å². The third-order valence-corrected chi connectivity index (χ3v) is 4.54. The van der Waals surface area contributed by atoms with Crippen LogP contribution in [0.3, 0.4) is 0 Å². The number of pyridine rings is 1. The highest BCUT2D eigenvalue weighted by Gasteiger charge is 2.41. The number of hydrogen-bond donors (Lipinski definition) is 0. The lowest BCUT2D eigenvalue weighted by atomic mass is 9.91. The van der Waals surface area contributed by atoms with Gasteiger partial charge in [-0.3, -0.25) is 4.98 Å². The van der Waals surface area contributed by atoms with E-state index in [9.17, 15) is 0 Å². The number of aromatic nitrogens is 1. The molecular weight excluding hydrogens is 322 g/mol. The monoisotopic (exact) mass is 341 g/mol. The molecule has 0 bridgehead atoms. The second-order valence-corrected chi connectivity index (χ2v) is 6.16. The summed E-state index contributed by atoms with van der Waals surface area (Å²) in [7, 11) is 0. The lowest BCUT2D eigenvalue weighted by Crippen LogP contribution is -2.44. The zero-order valence-electron chi connectivity index (χ0n) is 11.7. The van der Waals surface area contributed by atoms with E-state index in [4.69, 9.17) is 14.2 Å². The van der Waals surface area contributed by atoms with Crippen molar-refractivity contribution in [2.75, 3.05) is 19.8 Å². The molecule has 2 unspecified atom stereocenters. The van der Waals surface area contributed by atoms with Gasteiger partial charge in [0.2, 0.25) is 0 Å². The second kappa shape index (κ2) is 6.00. The smallest absolute Gasteiger partial charge is 0.142 e. The average Bonchev–Trinajstić information content (AvgIpc) is 2.89. The van der Waals surface area contributed by atoms with E-state index in [2.05, 4.69) is 20.9 Å². The fourth-order valence-corrected chi connectivity index (χ4v) is 3.33. The summed E-state index contributed by atoms with van der Waals surface area (Å²) in [5.74, 6) is 0.883. The highest BCUT2D eigenvalue weighted by molar-refractivity contribution is 9.08. The lowest BCUT2D eigenvalue weighted by Gasteiger charge is -2.37. The van der Waals surface area contributed by atoms with Gasteiger partial charge in [-0.25, -0.2) is 0 Å². The Balaban J connectivity index is 1.71. The number of ether oxygens (including phenoxy) is 3. The molecule has 0 radical (unpaired) electrons. The van der Waals surface area contributed by atoms with E-state index in [1.807, 2.05) is 19.1 Å². The van der Waals surface area contributed by atoms with Crippen LogP contribution in [-0.2, 0) is 14.8 Å². The minimum atomic E-state index is -0.115. The molecule has 0 aliphatic carbocycles. The van der Waals surface area contributed by atoms with Gasteiger partial charge >= 0.3 is 0 Å². The summed E-state index contributed by atoms with van der Waals surface area (Å²) >= 11 is 3.48. The maximum absolute atomic E-state index is 6.19. The number of aryl methyl sites for hydroxylation is 1. The number of rotatable bonds is 3. The first-order valence-corrected chi connectivity index (χ1v) is 8.24. The summed E-state index contributed by atoms with van der Waals surface area (Å²) in [5.41, 5.74) is 1.86. The Bertz CT molecular complexity index is 474. The van der Waals surface area contributed by atoms with Crippen LogP contribution in [0.15, 0.2) is 12.1 Å². The van der Waals surface area contributed by atoms with E-state index in [1.165, 1.54) is 0 Å². The first-order chi connectivity index (χ1) is 9.71. The van der Waals surface area contributed by atoms with Gasteiger partial charge in [0.25, 0.3) is 0 Å². The molecule has 2 aliphatic rings. The summed E-state index contributed by atoms with van der Waals surface area (Å²) in [6, 6.07) is 4.02. The Labute approximate surface area is 127 Å². The van der Waals surface area contributed by atoms with Gasteiger partial charge in [0, 0.05) is 36.9 Å². The van der Waals surface area contributed by atoms with Gasteiger partial charge < -0.3 is 14.2 Å². The van der Waals surface area contributed by atoms with Crippen molar-refractivity contribution in [2.45, 2.75) is 43.2 Å². The number of hydrogen-bond acceptors (Lipinski definition) is 4. The van der Waals surface area contributed by atoms with E-state index >= 15 is 0 Å². The van der Waals surface area contributed by atoms with E-state index in [0.717, 1.165) is 49.6 Å². The molecule has 0 aromatic carbocycles. The topological polar surface area (TPSA) is 40.6 Å². The SMILES string of the molecule is Cc1ccc(OC2CCOC3(CCOC3)C2)c(CBr)n1. The molecule has 5 heteroatoms. The van der Waals surface area contributed by atoms with Gasteiger partial charge in [-0.1, -0.05) is 15.9 Å². The maximum Gasteiger partial charge on any atom is 0.142 e. The predicted octanol–water partition coefficient (Wildman–Crippen LogP) is 3.00. The molecular formula is C15H20BrNO3. The van der Waals surface area contributed by atoms with Crippen LogP contribution in [0.5, 0.6) is 5.75 Å². The Morgan fingerprint density at radius 2 is 2.35 bits per heavy atom. The van der Waals surface area contributed by atoms with Crippen molar-refractivity contribution in [1.82, 2.24) is 4.98 Å². The van der Waals surface area contributed by atoms with Crippen LogP contribution in [0.4, 0.5) is 0 Å². The van der Waals surface area contributed by atoms with Gasteiger partial charge in [0.05, 0.1) is 24.5 Å². The number of nitrogens with zero attached hydrogens (tertiary/aromatic N) is 1. The minimum Gasteiger partial charge on any atom is -0.488 e. The zero-order chi connectivity index (χ0) is 14.0. The third kappa shape index (κ3) is 3.00. The molecule has 0 N–H and O–H groups in total. The molecule has 1 aromatic rings. The Morgan fingerprint density at radius 1 is 1.45 bits per heavy atom. The largest absolute Gasteiger partial charge is 0.488 e. The first-order valence-electron chi connectivity index (χ1n) is 7.12. The molecule has 4 nitrogen and oxygen atoms in total. The molecule has 2 fully saturated rings. The molecule has 0 saturated carbocycles. The second-order valence-electron chi connectivity index (χ2n) is 5.60. The fraction of sp³-hybridized carbons (Fsp3) is 0.667. The lowest BCUT2D eigenvalue weighted by molar-refractivity contribution is -0.112. The molecule has 3 heterocycles. The fourth-order valence-electron chi connectivity index (χ4n) is 2.93. The van der Waals surface area contributed by atoms with Crippen molar-refractivity contribution in [3.8, 4) is 5.75 Å². The summed E-state index contributed by atoms with van der Waals surface area (Å²) in [4.78, 5) is 4.52. The first kappa shape index (κ1) is 14.3. The molecule has 0 amide bonds. The Kier molecular flexibility index (Phi) is 4.29. The molecule has 1 spiro atoms. The summed E-state index contributed by atoms with van der Waals surface area (Å²) < 4.78 is 17.6. The Morgan fingerprint density at radius 3 is 3.10 bits per heavy atom. The van der Waals surface area contributed by atoms with Gasteiger partial charge in [-0.15, -0.1) is 0 Å². The quantitative estimate of drug-likeness (QED) is 0.792. The van der Waals surface area contributed by atoms with Gasteiger partial charge in [-0.05, 0) is 19.1 Å². The zero-order valence-corrected chi connectivity index (χ0v) is 13.3. The van der Waals surface area contributed by atoms with Crippen LogP contribution in [0.25, 0.3) is 0 Å². The van der Waals surface area contributed by atoms with Crippen LogP contribution in [0, 0.1) is 6.92 Å².